The zero-order valence-electron chi connectivity index (χ0n) is 11.6. The lowest BCUT2D eigenvalue weighted by Gasteiger charge is -2.18. The van der Waals surface area contributed by atoms with Crippen molar-refractivity contribution < 1.29 is 4.79 Å². The number of fused-ring (bicyclic) bond motifs is 1. The van der Waals surface area contributed by atoms with Gasteiger partial charge in [-0.2, -0.15) is 0 Å². The van der Waals surface area contributed by atoms with E-state index in [2.05, 4.69) is 15.5 Å². The molecule has 0 spiro atoms. The first kappa shape index (κ1) is 14.5. The van der Waals surface area contributed by atoms with Gasteiger partial charge in [-0.15, -0.1) is 10.2 Å². The number of benzene rings is 1. The van der Waals surface area contributed by atoms with Crippen LogP contribution in [-0.2, 0) is 4.79 Å². The third kappa shape index (κ3) is 3.17. The average molecular weight is 293 g/mol. The normalized spacial score (nSPS) is 10.6. The summed E-state index contributed by atoms with van der Waals surface area (Å²) in [6.45, 7) is 2.93. The lowest BCUT2D eigenvalue weighted by Crippen LogP contribution is -2.36. The van der Waals surface area contributed by atoms with Crippen LogP contribution in [0.3, 0.4) is 0 Å². The Balaban J connectivity index is 2.24. The van der Waals surface area contributed by atoms with Gasteiger partial charge in [-0.05, 0) is 6.42 Å². The van der Waals surface area contributed by atoms with Gasteiger partial charge in [0, 0.05) is 24.4 Å². The molecule has 1 aromatic carbocycles. The number of halogens is 1. The summed E-state index contributed by atoms with van der Waals surface area (Å²) in [5, 5.41) is 13.0. The summed E-state index contributed by atoms with van der Waals surface area (Å²) in [6.07, 6.45) is 0.916. The molecular weight excluding hydrogens is 276 g/mol. The van der Waals surface area contributed by atoms with Gasteiger partial charge in [-0.3, -0.25) is 4.79 Å². The SMILES string of the molecule is CCCNC(=O)CN(C)c1nnc(Cl)c2ccccc12. The number of aromatic nitrogens is 2. The molecule has 1 N–H and O–H groups in total. The van der Waals surface area contributed by atoms with Crippen LogP contribution in [0.1, 0.15) is 13.3 Å². The quantitative estimate of drug-likeness (QED) is 0.918. The van der Waals surface area contributed by atoms with Gasteiger partial charge in [0.15, 0.2) is 11.0 Å². The summed E-state index contributed by atoms with van der Waals surface area (Å²) in [7, 11) is 1.82. The number of likely N-dealkylation sites (N-methyl/N-ethyl adjacent to an activating group) is 1. The van der Waals surface area contributed by atoms with E-state index in [1.165, 1.54) is 0 Å². The third-order valence-corrected chi connectivity index (χ3v) is 3.22. The van der Waals surface area contributed by atoms with Crippen LogP contribution in [-0.4, -0.2) is 36.2 Å². The highest BCUT2D eigenvalue weighted by Gasteiger charge is 2.13. The smallest absolute Gasteiger partial charge is 0.239 e. The van der Waals surface area contributed by atoms with Gasteiger partial charge in [0.2, 0.25) is 5.91 Å². The number of anilines is 1. The minimum absolute atomic E-state index is 0.0322. The molecule has 0 aliphatic carbocycles. The van der Waals surface area contributed by atoms with Crippen LogP contribution in [0.25, 0.3) is 10.8 Å². The van der Waals surface area contributed by atoms with Crippen molar-refractivity contribution in [1.29, 1.82) is 0 Å². The van der Waals surface area contributed by atoms with Crippen LogP contribution < -0.4 is 10.2 Å². The van der Waals surface area contributed by atoms with E-state index >= 15 is 0 Å². The van der Waals surface area contributed by atoms with Gasteiger partial charge in [-0.25, -0.2) is 0 Å². The van der Waals surface area contributed by atoms with Crippen LogP contribution in [0.2, 0.25) is 5.15 Å². The molecule has 0 unspecified atom stereocenters. The van der Waals surface area contributed by atoms with Crippen LogP contribution in [0, 0.1) is 0 Å². The van der Waals surface area contributed by atoms with Crippen LogP contribution >= 0.6 is 11.6 Å². The lowest BCUT2D eigenvalue weighted by molar-refractivity contribution is -0.119. The molecule has 0 aliphatic rings. The Morgan fingerprint density at radius 2 is 2.00 bits per heavy atom. The van der Waals surface area contributed by atoms with Gasteiger partial charge in [-0.1, -0.05) is 42.8 Å². The highest BCUT2D eigenvalue weighted by atomic mass is 35.5. The molecule has 6 heteroatoms. The molecule has 1 aromatic heterocycles. The predicted octanol–water partition coefficient (Wildman–Crippen LogP) is 2.25. The Labute approximate surface area is 122 Å². The van der Waals surface area contributed by atoms with E-state index < -0.39 is 0 Å². The molecule has 0 atom stereocenters. The lowest BCUT2D eigenvalue weighted by atomic mass is 10.2. The summed E-state index contributed by atoms with van der Waals surface area (Å²) in [6, 6.07) is 7.62. The number of hydrogen-bond donors (Lipinski definition) is 1. The maximum absolute atomic E-state index is 11.8. The molecule has 1 amide bonds. The largest absolute Gasteiger partial charge is 0.355 e. The van der Waals surface area contributed by atoms with E-state index in [9.17, 15) is 4.79 Å². The van der Waals surface area contributed by atoms with Crippen molar-refractivity contribution in [3.8, 4) is 0 Å². The van der Waals surface area contributed by atoms with Crippen molar-refractivity contribution >= 4 is 34.1 Å². The number of rotatable bonds is 5. The average Bonchev–Trinajstić information content (AvgIpc) is 2.45. The van der Waals surface area contributed by atoms with E-state index in [-0.39, 0.29) is 12.5 Å². The first-order chi connectivity index (χ1) is 9.63. The first-order valence-corrected chi connectivity index (χ1v) is 6.90. The van der Waals surface area contributed by atoms with Crippen molar-refractivity contribution in [3.63, 3.8) is 0 Å². The predicted molar refractivity (Wildman–Crippen MR) is 81.1 cm³/mol. The van der Waals surface area contributed by atoms with E-state index in [1.807, 2.05) is 38.2 Å². The van der Waals surface area contributed by atoms with E-state index in [0.717, 1.165) is 17.2 Å². The fraction of sp³-hybridized carbons (Fsp3) is 0.357. The Morgan fingerprint density at radius 1 is 1.30 bits per heavy atom. The second-order valence-electron chi connectivity index (χ2n) is 4.57. The topological polar surface area (TPSA) is 58.1 Å². The maximum Gasteiger partial charge on any atom is 0.239 e. The molecule has 0 radical (unpaired) electrons. The molecule has 0 fully saturated rings. The molecule has 0 saturated carbocycles. The van der Waals surface area contributed by atoms with E-state index in [1.54, 1.807) is 4.90 Å². The Hall–Kier alpha value is -1.88. The van der Waals surface area contributed by atoms with Gasteiger partial charge in [0.05, 0.1) is 6.54 Å². The van der Waals surface area contributed by atoms with Crippen LogP contribution in [0.4, 0.5) is 5.82 Å². The van der Waals surface area contributed by atoms with Crippen molar-refractivity contribution in [1.82, 2.24) is 15.5 Å². The fourth-order valence-corrected chi connectivity index (χ4v) is 2.15. The van der Waals surface area contributed by atoms with Gasteiger partial charge in [0.25, 0.3) is 0 Å². The fourth-order valence-electron chi connectivity index (χ4n) is 1.95. The molecule has 1 heterocycles. The van der Waals surface area contributed by atoms with Crippen molar-refractivity contribution in [2.24, 2.45) is 0 Å². The number of nitrogens with zero attached hydrogens (tertiary/aromatic N) is 3. The van der Waals surface area contributed by atoms with Crippen molar-refractivity contribution in [2.75, 3.05) is 25.0 Å². The second kappa shape index (κ2) is 6.52. The summed E-state index contributed by atoms with van der Waals surface area (Å²) in [4.78, 5) is 13.5. The molecular formula is C14H17ClN4O. The monoisotopic (exact) mass is 292 g/mol. The first-order valence-electron chi connectivity index (χ1n) is 6.52. The van der Waals surface area contributed by atoms with Gasteiger partial charge >= 0.3 is 0 Å². The Bertz CT molecular complexity index is 617. The van der Waals surface area contributed by atoms with Crippen molar-refractivity contribution in [3.05, 3.63) is 29.4 Å². The van der Waals surface area contributed by atoms with Gasteiger partial charge in [0.1, 0.15) is 0 Å². The van der Waals surface area contributed by atoms with Crippen molar-refractivity contribution in [2.45, 2.75) is 13.3 Å². The highest BCUT2D eigenvalue weighted by Crippen LogP contribution is 2.27. The summed E-state index contributed by atoms with van der Waals surface area (Å²) in [5.74, 6) is 0.617. The van der Waals surface area contributed by atoms with E-state index in [0.29, 0.717) is 17.5 Å². The standard InChI is InChI=1S/C14H17ClN4O/c1-3-8-16-12(20)9-19(2)14-11-7-5-4-6-10(11)13(15)17-18-14/h4-7H,3,8-9H2,1-2H3,(H,16,20). The minimum atomic E-state index is -0.0322. The minimum Gasteiger partial charge on any atom is -0.355 e. The second-order valence-corrected chi connectivity index (χ2v) is 4.92. The van der Waals surface area contributed by atoms with E-state index in [4.69, 9.17) is 11.6 Å². The summed E-state index contributed by atoms with van der Waals surface area (Å²) < 4.78 is 0. The molecule has 0 aliphatic heterocycles. The molecule has 106 valence electrons. The zero-order valence-corrected chi connectivity index (χ0v) is 12.3. The Kier molecular flexibility index (Phi) is 4.74. The van der Waals surface area contributed by atoms with Crippen LogP contribution in [0.15, 0.2) is 24.3 Å². The van der Waals surface area contributed by atoms with Gasteiger partial charge < -0.3 is 10.2 Å². The third-order valence-electron chi connectivity index (χ3n) is 2.94. The number of amides is 1. The molecule has 0 saturated heterocycles. The number of hydrogen-bond acceptors (Lipinski definition) is 4. The summed E-state index contributed by atoms with van der Waals surface area (Å²) >= 11 is 6.04. The number of carbonyl (C=O) groups is 1. The molecule has 0 bridgehead atoms. The molecule has 20 heavy (non-hydrogen) atoms. The molecule has 5 nitrogen and oxygen atoms in total. The Morgan fingerprint density at radius 3 is 2.70 bits per heavy atom. The maximum atomic E-state index is 11.8. The molecule has 2 rings (SSSR count). The highest BCUT2D eigenvalue weighted by molar-refractivity contribution is 6.34. The number of nitrogens with one attached hydrogen (secondary N) is 1. The number of carbonyl (C=O) groups excluding carboxylic acids is 1. The molecule has 2 aromatic rings. The zero-order chi connectivity index (χ0) is 14.5. The summed E-state index contributed by atoms with van der Waals surface area (Å²) in [5.41, 5.74) is 0. The van der Waals surface area contributed by atoms with Crippen LogP contribution in [0.5, 0.6) is 0 Å².